The molecule has 0 aliphatic carbocycles. The van der Waals surface area contributed by atoms with Gasteiger partial charge in [0.1, 0.15) is 11.5 Å². The number of carbonyl (C=O) groups is 3. The molecule has 2 amide bonds. The topological polar surface area (TPSA) is 88.4 Å². The zero-order valence-corrected chi connectivity index (χ0v) is 20.4. The van der Waals surface area contributed by atoms with Crippen LogP contribution in [0.2, 0.25) is 0 Å². The number of benzene rings is 3. The maximum Gasteiger partial charge on any atom is 0.272 e. The fraction of sp³-hybridized carbons (Fsp3) is 0.0690. The highest BCUT2D eigenvalue weighted by atomic mass is 32.2. The predicted molar refractivity (Wildman–Crippen MR) is 142 cm³/mol. The van der Waals surface area contributed by atoms with Crippen molar-refractivity contribution in [3.63, 3.8) is 0 Å². The number of hydrogen-bond acceptors (Lipinski definition) is 5. The monoisotopic (exact) mass is 496 g/mol. The van der Waals surface area contributed by atoms with Gasteiger partial charge in [0.2, 0.25) is 0 Å². The minimum atomic E-state index is -0.506. The molecule has 0 spiro atoms. The molecule has 1 heterocycles. The van der Waals surface area contributed by atoms with Gasteiger partial charge in [0.15, 0.2) is 5.78 Å². The number of hydrogen-bond donors (Lipinski definition) is 2. The van der Waals surface area contributed by atoms with E-state index in [9.17, 15) is 14.4 Å². The lowest BCUT2D eigenvalue weighted by Crippen LogP contribution is -2.30. The van der Waals surface area contributed by atoms with Gasteiger partial charge >= 0.3 is 0 Å². The summed E-state index contributed by atoms with van der Waals surface area (Å²) in [5.41, 5.74) is 2.76. The average Bonchev–Trinajstić information content (AvgIpc) is 3.41. The van der Waals surface area contributed by atoms with Crippen molar-refractivity contribution in [3.05, 3.63) is 125 Å². The molecule has 0 saturated heterocycles. The number of rotatable bonds is 9. The van der Waals surface area contributed by atoms with Crippen LogP contribution in [-0.2, 0) is 4.79 Å². The molecule has 4 rings (SSSR count). The summed E-state index contributed by atoms with van der Waals surface area (Å²) >= 11 is 1.39. The summed E-state index contributed by atoms with van der Waals surface area (Å²) in [5, 5.41) is 5.48. The van der Waals surface area contributed by atoms with Crippen LogP contribution < -0.4 is 10.6 Å². The Labute approximate surface area is 213 Å². The summed E-state index contributed by atoms with van der Waals surface area (Å²) in [6.45, 7) is 1.98. The van der Waals surface area contributed by atoms with Crippen LogP contribution in [0.5, 0.6) is 0 Å². The second kappa shape index (κ2) is 11.9. The molecule has 7 heteroatoms. The highest BCUT2D eigenvalue weighted by molar-refractivity contribution is 8.00. The van der Waals surface area contributed by atoms with Crippen LogP contribution in [0.3, 0.4) is 0 Å². The van der Waals surface area contributed by atoms with Gasteiger partial charge in [-0.25, -0.2) is 0 Å². The maximum absolute atomic E-state index is 13.1. The van der Waals surface area contributed by atoms with Crippen LogP contribution in [0.15, 0.2) is 112 Å². The van der Waals surface area contributed by atoms with Crippen LogP contribution in [0.4, 0.5) is 5.69 Å². The van der Waals surface area contributed by atoms with E-state index in [0.29, 0.717) is 22.6 Å². The zero-order valence-electron chi connectivity index (χ0n) is 19.6. The Kier molecular flexibility index (Phi) is 8.16. The summed E-state index contributed by atoms with van der Waals surface area (Å²) in [6, 6.07) is 26.7. The van der Waals surface area contributed by atoms with Crippen LogP contribution in [-0.4, -0.2) is 23.4 Å². The standard InChI is InChI=1S/C29H24N2O4S/c1-20-12-14-21(15-13-20)27(32)19-36-25-11-5-9-23(17-25)30-29(34)26(18-24-10-6-16-35-24)31-28(33)22-7-3-2-4-8-22/h2-18H,19H2,1H3,(H,30,34)(H,31,33)/b26-18-. The third kappa shape index (κ3) is 6.84. The van der Waals surface area contributed by atoms with Crippen LogP contribution in [0.25, 0.3) is 6.08 Å². The van der Waals surface area contributed by atoms with E-state index in [1.807, 2.05) is 43.3 Å². The normalized spacial score (nSPS) is 11.1. The Morgan fingerprint density at radius 3 is 2.36 bits per heavy atom. The van der Waals surface area contributed by atoms with Crippen LogP contribution >= 0.6 is 11.8 Å². The van der Waals surface area contributed by atoms with Crippen molar-refractivity contribution in [1.82, 2.24) is 5.32 Å². The molecule has 2 N–H and O–H groups in total. The van der Waals surface area contributed by atoms with Gasteiger partial charge in [-0.15, -0.1) is 11.8 Å². The number of ketones is 1. The van der Waals surface area contributed by atoms with Crippen molar-refractivity contribution >= 4 is 41.1 Å². The molecule has 3 aromatic carbocycles. The number of anilines is 1. The number of carbonyl (C=O) groups excluding carboxylic acids is 3. The van der Waals surface area contributed by atoms with E-state index in [1.54, 1.807) is 54.6 Å². The minimum absolute atomic E-state index is 0.0294. The van der Waals surface area contributed by atoms with E-state index in [2.05, 4.69) is 10.6 Å². The molecule has 0 unspecified atom stereocenters. The molecule has 0 saturated carbocycles. The Bertz CT molecular complexity index is 1380. The molecule has 0 aliphatic rings. The highest BCUT2D eigenvalue weighted by Crippen LogP contribution is 2.23. The summed E-state index contributed by atoms with van der Waals surface area (Å²) in [7, 11) is 0. The Balaban J connectivity index is 1.44. The Morgan fingerprint density at radius 1 is 0.861 bits per heavy atom. The number of thioether (sulfide) groups is 1. The Hall–Kier alpha value is -4.36. The first-order chi connectivity index (χ1) is 17.5. The van der Waals surface area contributed by atoms with Gasteiger partial charge in [0.25, 0.3) is 11.8 Å². The third-order valence-electron chi connectivity index (χ3n) is 5.19. The van der Waals surface area contributed by atoms with Crippen LogP contribution in [0, 0.1) is 6.92 Å². The van der Waals surface area contributed by atoms with Gasteiger partial charge in [0, 0.05) is 27.8 Å². The van der Waals surface area contributed by atoms with Gasteiger partial charge in [-0.3, -0.25) is 14.4 Å². The Morgan fingerprint density at radius 2 is 1.64 bits per heavy atom. The smallest absolute Gasteiger partial charge is 0.272 e. The van der Waals surface area contributed by atoms with Crippen molar-refractivity contribution < 1.29 is 18.8 Å². The first-order valence-electron chi connectivity index (χ1n) is 11.2. The van der Waals surface area contributed by atoms with E-state index in [4.69, 9.17) is 4.42 Å². The highest BCUT2D eigenvalue weighted by Gasteiger charge is 2.16. The van der Waals surface area contributed by atoms with Crippen molar-refractivity contribution in [2.24, 2.45) is 0 Å². The van der Waals surface area contributed by atoms with Gasteiger partial charge in [0.05, 0.1) is 12.0 Å². The number of aryl methyl sites for hydroxylation is 1. The molecule has 6 nitrogen and oxygen atoms in total. The van der Waals surface area contributed by atoms with Crippen molar-refractivity contribution in [3.8, 4) is 0 Å². The summed E-state index contributed by atoms with van der Waals surface area (Å²) in [4.78, 5) is 39.1. The maximum atomic E-state index is 13.1. The molecule has 1 aromatic heterocycles. The number of Topliss-reactive ketones (excluding diaryl/α,β-unsaturated/α-hetero) is 1. The number of amides is 2. The van der Waals surface area contributed by atoms with Crippen molar-refractivity contribution in [1.29, 1.82) is 0 Å². The fourth-order valence-electron chi connectivity index (χ4n) is 3.29. The predicted octanol–water partition coefficient (Wildman–Crippen LogP) is 5.97. The van der Waals surface area contributed by atoms with Gasteiger partial charge < -0.3 is 15.1 Å². The third-order valence-corrected chi connectivity index (χ3v) is 6.19. The lowest BCUT2D eigenvalue weighted by molar-refractivity contribution is -0.113. The lowest BCUT2D eigenvalue weighted by Gasteiger charge is -2.12. The molecule has 0 radical (unpaired) electrons. The summed E-state index contributed by atoms with van der Waals surface area (Å²) in [5.74, 6) is -0.192. The minimum Gasteiger partial charge on any atom is -0.465 e. The van der Waals surface area contributed by atoms with Gasteiger partial charge in [-0.2, -0.15) is 0 Å². The summed E-state index contributed by atoms with van der Waals surface area (Å²) < 4.78 is 5.33. The lowest BCUT2D eigenvalue weighted by atomic mass is 10.1. The zero-order chi connectivity index (χ0) is 25.3. The fourth-order valence-corrected chi connectivity index (χ4v) is 4.14. The molecule has 36 heavy (non-hydrogen) atoms. The SMILES string of the molecule is Cc1ccc(C(=O)CSc2cccc(NC(=O)/C(=C/c3ccco3)NC(=O)c3ccccc3)c2)cc1. The first kappa shape index (κ1) is 24.8. The van der Waals surface area contributed by atoms with E-state index >= 15 is 0 Å². The van der Waals surface area contributed by atoms with E-state index < -0.39 is 11.8 Å². The molecule has 4 aromatic rings. The molecule has 180 valence electrons. The summed E-state index contributed by atoms with van der Waals surface area (Å²) in [6.07, 6.45) is 2.95. The molecule has 0 atom stereocenters. The molecular formula is C29H24N2O4S. The van der Waals surface area contributed by atoms with E-state index in [1.165, 1.54) is 24.1 Å². The molecule has 0 aliphatic heterocycles. The average molecular weight is 497 g/mol. The second-order valence-corrected chi connectivity index (χ2v) is 9.00. The van der Waals surface area contributed by atoms with Gasteiger partial charge in [-0.1, -0.05) is 54.1 Å². The molecular weight excluding hydrogens is 472 g/mol. The quantitative estimate of drug-likeness (QED) is 0.169. The first-order valence-corrected chi connectivity index (χ1v) is 12.2. The molecule has 0 bridgehead atoms. The molecule has 0 fully saturated rings. The van der Waals surface area contributed by atoms with Gasteiger partial charge in [-0.05, 0) is 49.4 Å². The van der Waals surface area contributed by atoms with E-state index in [0.717, 1.165) is 10.5 Å². The van der Waals surface area contributed by atoms with Crippen molar-refractivity contribution in [2.45, 2.75) is 11.8 Å². The number of furan rings is 1. The second-order valence-electron chi connectivity index (χ2n) is 7.95. The number of nitrogens with one attached hydrogen (secondary N) is 2. The van der Waals surface area contributed by atoms with Crippen LogP contribution in [0.1, 0.15) is 32.0 Å². The van der Waals surface area contributed by atoms with Crippen molar-refractivity contribution in [2.75, 3.05) is 11.1 Å². The largest absolute Gasteiger partial charge is 0.465 e. The van der Waals surface area contributed by atoms with E-state index in [-0.39, 0.29) is 17.2 Å².